The molecule has 0 saturated heterocycles. The number of phenols is 1. The van der Waals surface area contributed by atoms with Crippen molar-refractivity contribution >= 4 is 5.69 Å². The minimum atomic E-state index is -0.0493. The number of phenolic OH excluding ortho intramolecular Hbond substituents is 1. The second kappa shape index (κ2) is 11.7. The van der Waals surface area contributed by atoms with Crippen molar-refractivity contribution in [3.05, 3.63) is 59.7 Å². The summed E-state index contributed by atoms with van der Waals surface area (Å²) in [5.41, 5.74) is 3.80. The van der Waals surface area contributed by atoms with Gasteiger partial charge in [-0.05, 0) is 101 Å². The van der Waals surface area contributed by atoms with Crippen LogP contribution in [0.2, 0.25) is 0 Å². The minimum Gasteiger partial charge on any atom is -0.508 e. The molecule has 32 heavy (non-hydrogen) atoms. The number of benzene rings is 2. The van der Waals surface area contributed by atoms with Gasteiger partial charge in [0.1, 0.15) is 5.75 Å². The smallest absolute Gasteiger partial charge is 0.115 e. The Morgan fingerprint density at radius 2 is 1.66 bits per heavy atom. The third-order valence-corrected chi connectivity index (χ3v) is 6.89. The molecule has 4 nitrogen and oxygen atoms in total. The van der Waals surface area contributed by atoms with Crippen LogP contribution in [-0.2, 0) is 11.8 Å². The number of aromatic hydroxyl groups is 1. The topological polar surface area (TPSA) is 38.7 Å². The van der Waals surface area contributed by atoms with Gasteiger partial charge in [0.25, 0.3) is 0 Å². The maximum atomic E-state index is 10.2. The summed E-state index contributed by atoms with van der Waals surface area (Å²) in [6.07, 6.45) is 4.29. The fraction of sp³-hybridized carbons (Fsp3) is 0.571. The molecular weight excluding hydrogens is 394 g/mol. The van der Waals surface area contributed by atoms with Crippen molar-refractivity contribution in [3.8, 4) is 5.75 Å². The van der Waals surface area contributed by atoms with Gasteiger partial charge in [0.15, 0.2) is 0 Å². The molecule has 0 spiro atoms. The molecule has 2 N–H and O–H groups in total. The maximum Gasteiger partial charge on any atom is 0.115 e. The highest BCUT2D eigenvalue weighted by molar-refractivity contribution is 5.46. The molecule has 0 bridgehead atoms. The van der Waals surface area contributed by atoms with Gasteiger partial charge >= 0.3 is 0 Å². The van der Waals surface area contributed by atoms with E-state index in [-0.39, 0.29) is 10.8 Å². The highest BCUT2D eigenvalue weighted by Gasteiger charge is 2.44. The number of aryl methyl sites for hydroxylation is 1. The van der Waals surface area contributed by atoms with Crippen molar-refractivity contribution in [2.45, 2.75) is 51.9 Å². The zero-order chi connectivity index (χ0) is 23.8. The molecule has 1 atom stereocenters. The van der Waals surface area contributed by atoms with Gasteiger partial charge < -0.3 is 20.2 Å². The Labute approximate surface area is 196 Å². The molecule has 0 amide bonds. The van der Waals surface area contributed by atoms with Crippen LogP contribution in [-0.4, -0.2) is 62.7 Å². The molecular formula is C28H45N3O. The molecule has 0 aliphatic carbocycles. The summed E-state index contributed by atoms with van der Waals surface area (Å²) < 4.78 is 0. The first kappa shape index (κ1) is 26.2. The van der Waals surface area contributed by atoms with E-state index in [9.17, 15) is 5.11 Å². The van der Waals surface area contributed by atoms with Crippen molar-refractivity contribution in [1.29, 1.82) is 0 Å². The lowest BCUT2D eigenvalue weighted by atomic mass is 9.58. The predicted molar refractivity (Wildman–Crippen MR) is 139 cm³/mol. The van der Waals surface area contributed by atoms with Gasteiger partial charge in [0, 0.05) is 24.2 Å². The van der Waals surface area contributed by atoms with Crippen LogP contribution in [0.1, 0.15) is 51.2 Å². The fourth-order valence-corrected chi connectivity index (χ4v) is 5.33. The van der Waals surface area contributed by atoms with E-state index in [0.29, 0.717) is 5.75 Å². The van der Waals surface area contributed by atoms with Gasteiger partial charge in [-0.25, -0.2) is 0 Å². The Bertz CT molecular complexity index is 831. The number of hydrogen-bond acceptors (Lipinski definition) is 4. The highest BCUT2D eigenvalue weighted by atomic mass is 16.3. The van der Waals surface area contributed by atoms with E-state index >= 15 is 0 Å². The second-order valence-electron chi connectivity index (χ2n) is 10.4. The van der Waals surface area contributed by atoms with E-state index < -0.39 is 0 Å². The van der Waals surface area contributed by atoms with E-state index in [1.54, 1.807) is 6.07 Å². The van der Waals surface area contributed by atoms with Crippen molar-refractivity contribution in [1.82, 2.24) is 9.80 Å². The normalized spacial score (nSPS) is 14.0. The number of hydrogen-bond donors (Lipinski definition) is 2. The third-order valence-electron chi connectivity index (χ3n) is 6.89. The molecule has 2 rings (SSSR count). The molecule has 4 heteroatoms. The lowest BCUT2D eigenvalue weighted by Gasteiger charge is -2.49. The summed E-state index contributed by atoms with van der Waals surface area (Å²) >= 11 is 0. The molecule has 2 aromatic carbocycles. The van der Waals surface area contributed by atoms with Gasteiger partial charge in [-0.1, -0.05) is 45.0 Å². The van der Waals surface area contributed by atoms with E-state index in [1.807, 2.05) is 12.1 Å². The van der Waals surface area contributed by atoms with Gasteiger partial charge in [0.05, 0.1) is 0 Å². The van der Waals surface area contributed by atoms with Gasteiger partial charge in [-0.2, -0.15) is 0 Å². The Hall–Kier alpha value is -2.04. The number of nitrogens with zero attached hydrogens (tertiary/aromatic N) is 2. The summed E-state index contributed by atoms with van der Waals surface area (Å²) in [6, 6.07) is 16.7. The number of rotatable bonds is 13. The lowest BCUT2D eigenvalue weighted by molar-refractivity contribution is 0.102. The Kier molecular flexibility index (Phi) is 9.60. The molecule has 178 valence electrons. The zero-order valence-electron chi connectivity index (χ0n) is 21.4. The van der Waals surface area contributed by atoms with Crippen LogP contribution in [0.4, 0.5) is 5.69 Å². The average molecular weight is 440 g/mol. The maximum absolute atomic E-state index is 10.2. The Morgan fingerprint density at radius 3 is 2.28 bits per heavy atom. The van der Waals surface area contributed by atoms with Crippen LogP contribution < -0.4 is 5.32 Å². The summed E-state index contributed by atoms with van der Waals surface area (Å²) in [6.45, 7) is 10.0. The van der Waals surface area contributed by atoms with Crippen LogP contribution in [0.5, 0.6) is 5.75 Å². The van der Waals surface area contributed by atoms with Crippen LogP contribution in [0.25, 0.3) is 0 Å². The van der Waals surface area contributed by atoms with Crippen molar-refractivity contribution < 1.29 is 5.11 Å². The van der Waals surface area contributed by atoms with Crippen LogP contribution in [0.15, 0.2) is 48.5 Å². The first-order valence-corrected chi connectivity index (χ1v) is 12.0. The average Bonchev–Trinajstić information content (AvgIpc) is 2.70. The zero-order valence-corrected chi connectivity index (χ0v) is 21.4. The monoisotopic (exact) mass is 439 g/mol. The summed E-state index contributed by atoms with van der Waals surface area (Å²) in [4.78, 5) is 4.52. The highest BCUT2D eigenvalue weighted by Crippen LogP contribution is 2.48. The third kappa shape index (κ3) is 6.98. The Balaban J connectivity index is 2.19. The van der Waals surface area contributed by atoms with Crippen LogP contribution in [0.3, 0.4) is 0 Å². The largest absolute Gasteiger partial charge is 0.508 e. The van der Waals surface area contributed by atoms with E-state index in [0.717, 1.165) is 38.9 Å². The number of anilines is 1. The molecule has 0 unspecified atom stereocenters. The molecule has 0 fully saturated rings. The molecule has 0 radical (unpaired) electrons. The van der Waals surface area contributed by atoms with E-state index in [2.05, 4.69) is 94.4 Å². The second-order valence-corrected chi connectivity index (χ2v) is 10.4. The molecule has 0 aliphatic rings. The van der Waals surface area contributed by atoms with Crippen LogP contribution >= 0.6 is 0 Å². The van der Waals surface area contributed by atoms with E-state index in [4.69, 9.17) is 0 Å². The standard InChI is InChI=1S/C28H45N3O/c1-8-28(27(2,3)22-31(6)7,24-14-10-16-26(32)21-24)17-18-29-25-15-9-12-23(20-25)13-11-19-30(4)5/h9-10,12,14-16,20-21,29,32H,8,11,13,17-19,22H2,1-7H3/t28-/m1/s1. The summed E-state index contributed by atoms with van der Waals surface area (Å²) in [5.74, 6) is 0.347. The lowest BCUT2D eigenvalue weighted by Crippen LogP contribution is -2.48. The van der Waals surface area contributed by atoms with Gasteiger partial charge in [-0.15, -0.1) is 0 Å². The predicted octanol–water partition coefficient (Wildman–Crippen LogP) is 5.62. The van der Waals surface area contributed by atoms with Gasteiger partial charge in [0.2, 0.25) is 0 Å². The fourth-order valence-electron chi connectivity index (χ4n) is 5.33. The first-order valence-electron chi connectivity index (χ1n) is 12.0. The summed E-state index contributed by atoms with van der Waals surface area (Å²) in [5, 5.41) is 13.9. The molecule has 0 aromatic heterocycles. The Morgan fingerprint density at radius 1 is 0.938 bits per heavy atom. The SMILES string of the molecule is CC[C@@](CCNc1cccc(CCCN(C)C)c1)(c1cccc(O)c1)C(C)(C)CN(C)C. The summed E-state index contributed by atoms with van der Waals surface area (Å²) in [7, 11) is 8.54. The number of nitrogens with one attached hydrogen (secondary N) is 1. The van der Waals surface area contributed by atoms with Crippen LogP contribution in [0, 0.1) is 5.41 Å². The molecule has 0 saturated carbocycles. The molecule has 2 aromatic rings. The molecule has 0 aliphatic heterocycles. The van der Waals surface area contributed by atoms with Crippen molar-refractivity contribution in [2.75, 3.05) is 53.1 Å². The molecule has 0 heterocycles. The van der Waals surface area contributed by atoms with Gasteiger partial charge in [-0.3, -0.25) is 0 Å². The van der Waals surface area contributed by atoms with E-state index in [1.165, 1.54) is 23.2 Å². The van der Waals surface area contributed by atoms with Crippen molar-refractivity contribution in [3.63, 3.8) is 0 Å². The van der Waals surface area contributed by atoms with Crippen molar-refractivity contribution in [2.24, 2.45) is 5.41 Å². The minimum absolute atomic E-state index is 0.0365. The first-order chi connectivity index (χ1) is 15.1. The quantitative estimate of drug-likeness (QED) is 0.425.